The fourth-order valence-corrected chi connectivity index (χ4v) is 1.45. The fraction of sp³-hybridized carbons (Fsp3) is 0.143. The highest BCUT2D eigenvalue weighted by Gasteiger charge is 1.86. The Kier molecular flexibility index (Phi) is 5.65. The molecule has 0 amide bonds. The molecule has 0 unspecified atom stereocenters. The summed E-state index contributed by atoms with van der Waals surface area (Å²) >= 11 is 3.31. The minimum Gasteiger partial charge on any atom is -0.508 e. The molecule has 0 aliphatic rings. The van der Waals surface area contributed by atoms with E-state index in [1.807, 2.05) is 42.5 Å². The van der Waals surface area contributed by atoms with Gasteiger partial charge in [-0.25, -0.2) is 0 Å². The first-order valence-corrected chi connectivity index (χ1v) is 6.00. The molecule has 0 fully saturated rings. The number of halogens is 1. The zero-order chi connectivity index (χ0) is 11.8. The molecular weight excluding hydrogens is 264 g/mol. The largest absolute Gasteiger partial charge is 0.508 e. The van der Waals surface area contributed by atoms with Crippen LogP contribution in [-0.4, -0.2) is 5.11 Å². The summed E-state index contributed by atoms with van der Waals surface area (Å²) in [5, 5.41) is 8.85. The second-order valence-electron chi connectivity index (χ2n) is 3.32. The van der Waals surface area contributed by atoms with Gasteiger partial charge in [-0.05, 0) is 36.2 Å². The first kappa shape index (κ1) is 12.8. The Morgan fingerprint density at radius 3 is 1.88 bits per heavy atom. The second-order valence-corrected chi connectivity index (χ2v) is 4.23. The van der Waals surface area contributed by atoms with Crippen LogP contribution in [-0.2, 0) is 6.42 Å². The van der Waals surface area contributed by atoms with Crippen LogP contribution < -0.4 is 0 Å². The van der Waals surface area contributed by atoms with E-state index in [0.717, 1.165) is 10.9 Å². The normalized spacial score (nSPS) is 9.12. The Morgan fingerprint density at radius 2 is 1.50 bits per heavy atom. The molecule has 0 aromatic heterocycles. The summed E-state index contributed by atoms with van der Waals surface area (Å²) < 4.78 is 1.13. The van der Waals surface area contributed by atoms with Gasteiger partial charge in [-0.3, -0.25) is 0 Å². The minimum atomic E-state index is 0.340. The van der Waals surface area contributed by atoms with Crippen molar-refractivity contribution in [1.29, 1.82) is 0 Å². The zero-order valence-electron chi connectivity index (χ0n) is 9.23. The number of hydrogen-bond acceptors (Lipinski definition) is 1. The van der Waals surface area contributed by atoms with Crippen LogP contribution in [0.3, 0.4) is 0 Å². The van der Waals surface area contributed by atoms with Gasteiger partial charge in [-0.1, -0.05) is 53.2 Å². The molecule has 0 spiro atoms. The van der Waals surface area contributed by atoms with Gasteiger partial charge in [0.1, 0.15) is 5.75 Å². The fourth-order valence-electron chi connectivity index (χ4n) is 1.15. The molecule has 2 aromatic carbocycles. The van der Waals surface area contributed by atoms with Gasteiger partial charge < -0.3 is 5.11 Å². The lowest BCUT2D eigenvalue weighted by atomic mass is 10.2. The number of rotatable bonds is 1. The van der Waals surface area contributed by atoms with E-state index in [0.29, 0.717) is 5.75 Å². The van der Waals surface area contributed by atoms with Gasteiger partial charge >= 0.3 is 0 Å². The van der Waals surface area contributed by atoms with E-state index in [2.05, 4.69) is 22.9 Å². The second kappa shape index (κ2) is 7.07. The summed E-state index contributed by atoms with van der Waals surface area (Å²) in [6.07, 6.45) is 1.03. The Morgan fingerprint density at radius 1 is 0.938 bits per heavy atom. The Hall–Kier alpha value is -1.28. The van der Waals surface area contributed by atoms with E-state index in [4.69, 9.17) is 5.11 Å². The summed E-state index contributed by atoms with van der Waals surface area (Å²) in [5.41, 5.74) is 1.26. The minimum absolute atomic E-state index is 0.340. The third kappa shape index (κ3) is 4.99. The van der Waals surface area contributed by atoms with Crippen LogP contribution in [0.1, 0.15) is 12.5 Å². The Labute approximate surface area is 105 Å². The van der Waals surface area contributed by atoms with Crippen LogP contribution in [0.2, 0.25) is 0 Å². The van der Waals surface area contributed by atoms with E-state index in [1.165, 1.54) is 5.56 Å². The van der Waals surface area contributed by atoms with Gasteiger partial charge in [0.25, 0.3) is 0 Å². The molecule has 16 heavy (non-hydrogen) atoms. The molecule has 2 rings (SSSR count). The van der Waals surface area contributed by atoms with Crippen LogP contribution >= 0.6 is 15.9 Å². The van der Waals surface area contributed by atoms with Gasteiger partial charge in [-0.2, -0.15) is 0 Å². The van der Waals surface area contributed by atoms with Gasteiger partial charge in [-0.15, -0.1) is 0 Å². The highest BCUT2D eigenvalue weighted by atomic mass is 79.9. The van der Waals surface area contributed by atoms with Crippen LogP contribution in [0.5, 0.6) is 5.75 Å². The highest BCUT2D eigenvalue weighted by molar-refractivity contribution is 9.10. The molecule has 0 aliphatic heterocycles. The average molecular weight is 279 g/mol. The standard InChI is InChI=1S/C8H10O.C6H5Br/c1-2-7-3-5-8(9)6-4-7;7-6-4-2-1-3-5-6/h3-6,9H,2H2,1H3;1-5H. The van der Waals surface area contributed by atoms with Gasteiger partial charge in [0.05, 0.1) is 0 Å². The number of phenols is 1. The molecule has 1 N–H and O–H groups in total. The van der Waals surface area contributed by atoms with E-state index in [-0.39, 0.29) is 0 Å². The quantitative estimate of drug-likeness (QED) is 0.820. The maximum Gasteiger partial charge on any atom is 0.115 e. The van der Waals surface area contributed by atoms with Crippen molar-refractivity contribution in [2.45, 2.75) is 13.3 Å². The molecule has 1 nitrogen and oxygen atoms in total. The smallest absolute Gasteiger partial charge is 0.115 e. The summed E-state index contributed by atoms with van der Waals surface area (Å²) in [6.45, 7) is 2.09. The van der Waals surface area contributed by atoms with Crippen molar-refractivity contribution in [3.8, 4) is 5.75 Å². The zero-order valence-corrected chi connectivity index (χ0v) is 10.8. The molecule has 0 saturated carbocycles. The van der Waals surface area contributed by atoms with Crippen LogP contribution in [0.4, 0.5) is 0 Å². The van der Waals surface area contributed by atoms with Crippen LogP contribution in [0.15, 0.2) is 59.1 Å². The maximum atomic E-state index is 8.85. The topological polar surface area (TPSA) is 20.2 Å². The SMILES string of the molecule is Brc1ccccc1.CCc1ccc(O)cc1. The van der Waals surface area contributed by atoms with Crippen molar-refractivity contribution in [1.82, 2.24) is 0 Å². The summed E-state index contributed by atoms with van der Waals surface area (Å²) in [6, 6.07) is 17.2. The molecule has 0 heterocycles. The van der Waals surface area contributed by atoms with Crippen molar-refractivity contribution < 1.29 is 5.11 Å². The number of aromatic hydroxyl groups is 1. The Bertz CT molecular complexity index is 395. The summed E-state index contributed by atoms with van der Waals surface area (Å²) in [5.74, 6) is 0.340. The van der Waals surface area contributed by atoms with E-state index in [9.17, 15) is 0 Å². The third-order valence-electron chi connectivity index (χ3n) is 2.08. The van der Waals surface area contributed by atoms with E-state index >= 15 is 0 Å². The lowest BCUT2D eigenvalue weighted by molar-refractivity contribution is 0.475. The predicted octanol–water partition coefficient (Wildman–Crippen LogP) is 4.40. The molecule has 2 heteroatoms. The van der Waals surface area contributed by atoms with Crippen molar-refractivity contribution in [2.24, 2.45) is 0 Å². The van der Waals surface area contributed by atoms with E-state index in [1.54, 1.807) is 12.1 Å². The van der Waals surface area contributed by atoms with Gasteiger partial charge in [0.15, 0.2) is 0 Å². The third-order valence-corrected chi connectivity index (χ3v) is 2.61. The van der Waals surface area contributed by atoms with Crippen molar-refractivity contribution >= 4 is 15.9 Å². The van der Waals surface area contributed by atoms with Crippen LogP contribution in [0.25, 0.3) is 0 Å². The summed E-state index contributed by atoms with van der Waals surface area (Å²) in [7, 11) is 0. The first-order valence-electron chi connectivity index (χ1n) is 5.21. The van der Waals surface area contributed by atoms with Crippen molar-refractivity contribution in [3.63, 3.8) is 0 Å². The van der Waals surface area contributed by atoms with Crippen molar-refractivity contribution in [2.75, 3.05) is 0 Å². The van der Waals surface area contributed by atoms with Crippen LogP contribution in [0, 0.1) is 0 Å². The molecule has 2 aromatic rings. The highest BCUT2D eigenvalue weighted by Crippen LogP contribution is 2.09. The molecule has 0 aliphatic carbocycles. The van der Waals surface area contributed by atoms with E-state index < -0.39 is 0 Å². The predicted molar refractivity (Wildman–Crippen MR) is 71.6 cm³/mol. The van der Waals surface area contributed by atoms with Gasteiger partial charge in [0, 0.05) is 4.47 Å². The molecule has 0 atom stereocenters. The molecule has 84 valence electrons. The molecular formula is C14H15BrO. The maximum absolute atomic E-state index is 8.85. The molecule has 0 saturated heterocycles. The van der Waals surface area contributed by atoms with Crippen molar-refractivity contribution in [3.05, 3.63) is 64.6 Å². The Balaban J connectivity index is 0.000000165. The number of hydrogen-bond donors (Lipinski definition) is 1. The molecule has 0 radical (unpaired) electrons. The lowest BCUT2D eigenvalue weighted by Crippen LogP contribution is -1.75. The lowest BCUT2D eigenvalue weighted by Gasteiger charge is -1.93. The van der Waals surface area contributed by atoms with Gasteiger partial charge in [0.2, 0.25) is 0 Å². The first-order chi connectivity index (χ1) is 7.72. The number of aryl methyl sites for hydroxylation is 1. The number of phenolic OH excluding ortho intramolecular Hbond substituents is 1. The number of benzene rings is 2. The summed E-state index contributed by atoms with van der Waals surface area (Å²) in [4.78, 5) is 0. The molecule has 0 bridgehead atoms. The average Bonchev–Trinajstić information content (AvgIpc) is 2.32. The monoisotopic (exact) mass is 278 g/mol.